The number of nitrogens with one attached hydrogen (secondary N) is 1. The zero-order chi connectivity index (χ0) is 16.4. The summed E-state index contributed by atoms with van der Waals surface area (Å²) in [6, 6.07) is 27.0. The molecule has 0 saturated carbocycles. The fourth-order valence-corrected chi connectivity index (χ4v) is 2.81. The lowest BCUT2D eigenvalue weighted by molar-refractivity contribution is 0.564. The molecule has 4 aromatic rings. The molecule has 3 nitrogen and oxygen atoms in total. The minimum absolute atomic E-state index is 0.349. The van der Waals surface area contributed by atoms with Crippen molar-refractivity contribution in [3.63, 3.8) is 0 Å². The Morgan fingerprint density at radius 2 is 1.33 bits per heavy atom. The fourth-order valence-electron chi connectivity index (χ4n) is 2.81. The van der Waals surface area contributed by atoms with Gasteiger partial charge in [-0.15, -0.1) is 0 Å². The molecule has 1 aromatic heterocycles. The average molecular weight is 313 g/mol. The maximum absolute atomic E-state index is 12.6. The van der Waals surface area contributed by atoms with Crippen molar-refractivity contribution < 1.29 is 4.42 Å². The molecule has 0 spiro atoms. The van der Waals surface area contributed by atoms with Crippen LogP contribution in [-0.2, 0) is 0 Å². The molecule has 0 aliphatic heterocycles. The zero-order valence-corrected chi connectivity index (χ0v) is 12.9. The Morgan fingerprint density at radius 3 is 2.08 bits per heavy atom. The molecule has 1 N–H and O–H groups in total. The first kappa shape index (κ1) is 14.3. The van der Waals surface area contributed by atoms with Crippen LogP contribution in [0.15, 0.2) is 94.1 Å². The lowest BCUT2D eigenvalue weighted by Crippen LogP contribution is -2.07. The van der Waals surface area contributed by atoms with Crippen LogP contribution in [0.1, 0.15) is 0 Å². The van der Waals surface area contributed by atoms with Crippen molar-refractivity contribution in [3.05, 3.63) is 95.3 Å². The second-order valence-corrected chi connectivity index (χ2v) is 5.49. The molecule has 0 aliphatic rings. The molecule has 3 aromatic carbocycles. The first-order valence-corrected chi connectivity index (χ1v) is 7.76. The van der Waals surface area contributed by atoms with Gasteiger partial charge in [0.05, 0.1) is 11.3 Å². The molecule has 0 bridgehead atoms. The Bertz CT molecular complexity index is 1040. The number of anilines is 2. The molecular formula is C21H15NO2. The third-order valence-corrected chi connectivity index (χ3v) is 3.92. The highest BCUT2D eigenvalue weighted by molar-refractivity contribution is 5.99. The normalized spacial score (nSPS) is 10.7. The molecule has 0 amide bonds. The third kappa shape index (κ3) is 2.57. The maximum atomic E-state index is 12.6. The molecule has 0 saturated heterocycles. The van der Waals surface area contributed by atoms with Crippen molar-refractivity contribution in [2.75, 3.05) is 5.32 Å². The van der Waals surface area contributed by atoms with Gasteiger partial charge in [-0.2, -0.15) is 0 Å². The van der Waals surface area contributed by atoms with Gasteiger partial charge in [0.25, 0.3) is 0 Å². The summed E-state index contributed by atoms with van der Waals surface area (Å²) < 4.78 is 5.53. The maximum Gasteiger partial charge on any atom is 0.346 e. The van der Waals surface area contributed by atoms with Crippen molar-refractivity contribution in [2.45, 2.75) is 0 Å². The number of fused-ring (bicyclic) bond motifs is 1. The van der Waals surface area contributed by atoms with Gasteiger partial charge in [0.2, 0.25) is 0 Å². The standard InChI is InChI=1S/C21H15NO2/c23-21-19(15-9-3-1-4-10-15)20(22-16-11-5-2-6-12-16)17-13-7-8-14-18(17)24-21/h1-14,22H. The van der Waals surface area contributed by atoms with Crippen molar-refractivity contribution >= 4 is 22.3 Å². The first-order chi connectivity index (χ1) is 11.8. The van der Waals surface area contributed by atoms with Crippen LogP contribution in [0.4, 0.5) is 11.4 Å². The van der Waals surface area contributed by atoms with E-state index in [0.29, 0.717) is 11.1 Å². The van der Waals surface area contributed by atoms with Crippen molar-refractivity contribution in [2.24, 2.45) is 0 Å². The van der Waals surface area contributed by atoms with Crippen LogP contribution in [0.3, 0.4) is 0 Å². The Hall–Kier alpha value is -3.33. The van der Waals surface area contributed by atoms with Crippen LogP contribution in [0.25, 0.3) is 22.1 Å². The van der Waals surface area contributed by atoms with E-state index in [4.69, 9.17) is 4.42 Å². The van der Waals surface area contributed by atoms with E-state index in [0.717, 1.165) is 22.3 Å². The van der Waals surface area contributed by atoms with Crippen LogP contribution >= 0.6 is 0 Å². The van der Waals surface area contributed by atoms with E-state index in [1.165, 1.54) is 0 Å². The Balaban J connectivity index is 2.02. The van der Waals surface area contributed by atoms with Crippen LogP contribution in [0.5, 0.6) is 0 Å². The van der Waals surface area contributed by atoms with E-state index in [1.54, 1.807) is 0 Å². The average Bonchev–Trinajstić information content (AvgIpc) is 2.63. The highest BCUT2D eigenvalue weighted by Gasteiger charge is 2.16. The summed E-state index contributed by atoms with van der Waals surface area (Å²) in [5.41, 5.74) is 3.28. The van der Waals surface area contributed by atoms with Crippen LogP contribution in [0.2, 0.25) is 0 Å². The molecule has 3 heteroatoms. The van der Waals surface area contributed by atoms with Gasteiger partial charge in [-0.25, -0.2) is 4.79 Å². The number of rotatable bonds is 3. The first-order valence-electron chi connectivity index (χ1n) is 7.76. The molecular weight excluding hydrogens is 298 g/mol. The van der Waals surface area contributed by atoms with Crippen molar-refractivity contribution in [1.29, 1.82) is 0 Å². The van der Waals surface area contributed by atoms with Gasteiger partial charge < -0.3 is 9.73 Å². The van der Waals surface area contributed by atoms with E-state index in [2.05, 4.69) is 5.32 Å². The summed E-state index contributed by atoms with van der Waals surface area (Å²) in [5, 5.41) is 4.27. The van der Waals surface area contributed by atoms with Crippen molar-refractivity contribution in [3.8, 4) is 11.1 Å². The predicted molar refractivity (Wildman–Crippen MR) is 97.6 cm³/mol. The Morgan fingerprint density at radius 1 is 0.708 bits per heavy atom. The fraction of sp³-hybridized carbons (Fsp3) is 0. The second kappa shape index (κ2) is 6.05. The third-order valence-electron chi connectivity index (χ3n) is 3.92. The van der Waals surface area contributed by atoms with Gasteiger partial charge in [-0.3, -0.25) is 0 Å². The predicted octanol–water partition coefficient (Wildman–Crippen LogP) is 5.20. The highest BCUT2D eigenvalue weighted by Crippen LogP contribution is 2.34. The summed E-state index contributed by atoms with van der Waals surface area (Å²) in [5.74, 6) is 0. The lowest BCUT2D eigenvalue weighted by atomic mass is 10.0. The number of para-hydroxylation sites is 2. The second-order valence-electron chi connectivity index (χ2n) is 5.49. The number of hydrogen-bond acceptors (Lipinski definition) is 3. The van der Waals surface area contributed by atoms with E-state index in [-0.39, 0.29) is 5.63 Å². The Labute approximate surface area is 139 Å². The monoisotopic (exact) mass is 313 g/mol. The van der Waals surface area contributed by atoms with Gasteiger partial charge in [-0.1, -0.05) is 60.7 Å². The summed E-state index contributed by atoms with van der Waals surface area (Å²) >= 11 is 0. The quantitative estimate of drug-likeness (QED) is 0.528. The number of benzene rings is 3. The molecule has 24 heavy (non-hydrogen) atoms. The molecule has 0 aliphatic carbocycles. The lowest BCUT2D eigenvalue weighted by Gasteiger charge is -2.14. The van der Waals surface area contributed by atoms with Crippen LogP contribution in [0, 0.1) is 0 Å². The van der Waals surface area contributed by atoms with Gasteiger partial charge in [0, 0.05) is 11.1 Å². The minimum atomic E-state index is -0.349. The van der Waals surface area contributed by atoms with E-state index >= 15 is 0 Å². The highest BCUT2D eigenvalue weighted by atomic mass is 16.4. The van der Waals surface area contributed by atoms with Gasteiger partial charge >= 0.3 is 5.63 Å². The zero-order valence-electron chi connectivity index (χ0n) is 12.9. The summed E-state index contributed by atoms with van der Waals surface area (Å²) in [7, 11) is 0. The van der Waals surface area contributed by atoms with E-state index in [1.807, 2.05) is 84.9 Å². The molecule has 0 radical (unpaired) electrons. The molecule has 0 fully saturated rings. The molecule has 4 rings (SSSR count). The van der Waals surface area contributed by atoms with Crippen LogP contribution < -0.4 is 10.9 Å². The summed E-state index contributed by atoms with van der Waals surface area (Å²) in [4.78, 5) is 12.6. The largest absolute Gasteiger partial charge is 0.422 e. The number of hydrogen-bond donors (Lipinski definition) is 1. The molecule has 116 valence electrons. The summed E-state index contributed by atoms with van der Waals surface area (Å²) in [6.07, 6.45) is 0. The SMILES string of the molecule is O=c1oc2ccccc2c(Nc2ccccc2)c1-c1ccccc1. The van der Waals surface area contributed by atoms with Crippen LogP contribution in [-0.4, -0.2) is 0 Å². The molecule has 0 atom stereocenters. The minimum Gasteiger partial charge on any atom is -0.422 e. The van der Waals surface area contributed by atoms with Gasteiger partial charge in [0.1, 0.15) is 5.58 Å². The molecule has 1 heterocycles. The van der Waals surface area contributed by atoms with E-state index in [9.17, 15) is 4.79 Å². The molecule has 0 unspecified atom stereocenters. The van der Waals surface area contributed by atoms with Gasteiger partial charge in [-0.05, 0) is 29.8 Å². The smallest absolute Gasteiger partial charge is 0.346 e. The topological polar surface area (TPSA) is 42.2 Å². The Kier molecular flexibility index (Phi) is 3.60. The van der Waals surface area contributed by atoms with Crippen molar-refractivity contribution in [1.82, 2.24) is 0 Å². The van der Waals surface area contributed by atoms with Gasteiger partial charge in [0.15, 0.2) is 0 Å². The summed E-state index contributed by atoms with van der Waals surface area (Å²) in [6.45, 7) is 0. The van der Waals surface area contributed by atoms with E-state index < -0.39 is 0 Å².